The molecule has 0 radical (unpaired) electrons. The molecule has 2 fully saturated rings. The molecule has 3 heterocycles. The summed E-state index contributed by atoms with van der Waals surface area (Å²) in [7, 11) is 0. The predicted octanol–water partition coefficient (Wildman–Crippen LogP) is 1.41. The Bertz CT molecular complexity index is 650. The molecule has 4 rings (SSSR count). The molecule has 21 heavy (non-hydrogen) atoms. The van der Waals surface area contributed by atoms with Crippen LogP contribution in [0.15, 0.2) is 24.7 Å². The third-order valence-corrected chi connectivity index (χ3v) is 4.89. The molecular formula is C15H18N4O2. The number of nitrogens with zero attached hydrogens (tertiary/aromatic N) is 4. The molecule has 1 aliphatic carbocycles. The van der Waals surface area contributed by atoms with Crippen LogP contribution in [0.5, 0.6) is 0 Å². The minimum Gasteiger partial charge on any atom is -0.480 e. The van der Waals surface area contributed by atoms with Gasteiger partial charge in [0, 0.05) is 31.7 Å². The smallest absolute Gasteiger partial charge is 0.321 e. The predicted molar refractivity (Wildman–Crippen MR) is 75.7 cm³/mol. The van der Waals surface area contributed by atoms with Gasteiger partial charge in [-0.25, -0.2) is 9.97 Å². The van der Waals surface area contributed by atoms with Gasteiger partial charge in [0.2, 0.25) is 5.78 Å². The van der Waals surface area contributed by atoms with Gasteiger partial charge in [0.15, 0.2) is 0 Å². The Morgan fingerprint density at radius 2 is 2.33 bits per heavy atom. The number of likely N-dealkylation sites (tertiary alicyclic amines) is 1. The second kappa shape index (κ2) is 4.80. The molecule has 0 amide bonds. The molecule has 0 bridgehead atoms. The standard InChI is InChI=1S/C15H18N4O2/c20-14(21)13-12-4-1-3-10(12)7-19(13)9-11-8-18-6-2-5-16-15(18)17-11/h2,5-6,8,10,12-13H,1,3-4,7,9H2,(H,20,21). The van der Waals surface area contributed by atoms with Crippen molar-refractivity contribution in [3.8, 4) is 0 Å². The number of hydrogen-bond donors (Lipinski definition) is 1. The highest BCUT2D eigenvalue weighted by molar-refractivity contribution is 5.74. The summed E-state index contributed by atoms with van der Waals surface area (Å²) in [4.78, 5) is 22.4. The first kappa shape index (κ1) is 12.8. The number of rotatable bonds is 3. The fourth-order valence-electron chi connectivity index (χ4n) is 4.06. The summed E-state index contributed by atoms with van der Waals surface area (Å²) in [5, 5.41) is 9.57. The van der Waals surface area contributed by atoms with Gasteiger partial charge in [0.25, 0.3) is 0 Å². The second-order valence-corrected chi connectivity index (χ2v) is 6.13. The fourth-order valence-corrected chi connectivity index (χ4v) is 4.06. The van der Waals surface area contributed by atoms with Crippen molar-refractivity contribution in [2.45, 2.75) is 31.8 Å². The highest BCUT2D eigenvalue weighted by Crippen LogP contribution is 2.42. The molecule has 1 aliphatic heterocycles. The average Bonchev–Trinajstić information content (AvgIpc) is 3.10. The van der Waals surface area contributed by atoms with E-state index in [1.807, 2.05) is 22.9 Å². The van der Waals surface area contributed by atoms with Crippen molar-refractivity contribution in [3.63, 3.8) is 0 Å². The first-order chi connectivity index (χ1) is 10.2. The summed E-state index contributed by atoms with van der Waals surface area (Å²) in [5.74, 6) is 0.837. The third kappa shape index (κ3) is 2.10. The maximum Gasteiger partial charge on any atom is 0.321 e. The van der Waals surface area contributed by atoms with Gasteiger partial charge in [0.1, 0.15) is 6.04 Å². The highest BCUT2D eigenvalue weighted by Gasteiger charge is 2.47. The summed E-state index contributed by atoms with van der Waals surface area (Å²) in [6.07, 6.45) is 8.95. The van der Waals surface area contributed by atoms with Gasteiger partial charge in [-0.1, -0.05) is 6.42 Å². The molecule has 6 heteroatoms. The normalized spacial score (nSPS) is 29.0. The zero-order valence-corrected chi connectivity index (χ0v) is 11.7. The van der Waals surface area contributed by atoms with E-state index in [1.165, 1.54) is 6.42 Å². The van der Waals surface area contributed by atoms with Crippen LogP contribution in [0, 0.1) is 11.8 Å². The highest BCUT2D eigenvalue weighted by atomic mass is 16.4. The SMILES string of the molecule is O=C(O)C1C2CCCC2CN1Cc1cn2cccnc2n1. The van der Waals surface area contributed by atoms with Gasteiger partial charge >= 0.3 is 5.97 Å². The van der Waals surface area contributed by atoms with Crippen LogP contribution in [-0.4, -0.2) is 42.9 Å². The summed E-state index contributed by atoms with van der Waals surface area (Å²) < 4.78 is 1.88. The molecule has 6 nitrogen and oxygen atoms in total. The molecule has 2 aromatic rings. The minimum absolute atomic E-state index is 0.317. The summed E-state index contributed by atoms with van der Waals surface area (Å²) in [6.45, 7) is 1.47. The van der Waals surface area contributed by atoms with Gasteiger partial charge < -0.3 is 5.11 Å². The first-order valence-corrected chi connectivity index (χ1v) is 7.48. The Balaban J connectivity index is 1.59. The Morgan fingerprint density at radius 3 is 3.14 bits per heavy atom. The topological polar surface area (TPSA) is 70.7 Å². The second-order valence-electron chi connectivity index (χ2n) is 6.13. The molecular weight excluding hydrogens is 268 g/mol. The van der Waals surface area contributed by atoms with Crippen LogP contribution in [0.3, 0.4) is 0 Å². The van der Waals surface area contributed by atoms with Crippen molar-refractivity contribution in [1.29, 1.82) is 0 Å². The Labute approximate surface area is 122 Å². The Morgan fingerprint density at radius 1 is 1.43 bits per heavy atom. The Hall–Kier alpha value is -1.95. The van der Waals surface area contributed by atoms with Gasteiger partial charge in [-0.3, -0.25) is 14.1 Å². The summed E-state index contributed by atoms with van der Waals surface area (Å²) in [6, 6.07) is 1.51. The molecule has 2 aliphatic rings. The van der Waals surface area contributed by atoms with Gasteiger partial charge in [-0.05, 0) is 30.7 Å². The molecule has 3 unspecified atom stereocenters. The van der Waals surface area contributed by atoms with E-state index in [0.717, 1.165) is 25.1 Å². The first-order valence-electron chi connectivity index (χ1n) is 7.48. The van der Waals surface area contributed by atoms with E-state index in [4.69, 9.17) is 0 Å². The number of carbonyl (C=O) groups is 1. The zero-order chi connectivity index (χ0) is 14.4. The van der Waals surface area contributed by atoms with Crippen molar-refractivity contribution in [1.82, 2.24) is 19.3 Å². The van der Waals surface area contributed by atoms with Crippen LogP contribution in [0.1, 0.15) is 25.0 Å². The number of carboxylic acid groups (broad SMARTS) is 1. The van der Waals surface area contributed by atoms with Crippen LogP contribution in [0.2, 0.25) is 0 Å². The van der Waals surface area contributed by atoms with Crippen LogP contribution in [0.4, 0.5) is 0 Å². The maximum absolute atomic E-state index is 11.6. The zero-order valence-electron chi connectivity index (χ0n) is 11.7. The lowest BCUT2D eigenvalue weighted by atomic mass is 9.94. The summed E-state index contributed by atoms with van der Waals surface area (Å²) in [5.41, 5.74) is 0.889. The van der Waals surface area contributed by atoms with Crippen LogP contribution in [-0.2, 0) is 11.3 Å². The Kier molecular flexibility index (Phi) is 2.92. The summed E-state index contributed by atoms with van der Waals surface area (Å²) >= 11 is 0. The molecule has 0 aromatic carbocycles. The van der Waals surface area contributed by atoms with Gasteiger partial charge in [-0.2, -0.15) is 0 Å². The van der Waals surface area contributed by atoms with E-state index in [-0.39, 0.29) is 6.04 Å². The van der Waals surface area contributed by atoms with Crippen LogP contribution in [0.25, 0.3) is 5.78 Å². The van der Waals surface area contributed by atoms with Crippen LogP contribution >= 0.6 is 0 Å². The molecule has 0 spiro atoms. The van der Waals surface area contributed by atoms with Crippen molar-refractivity contribution in [3.05, 3.63) is 30.4 Å². The molecule has 3 atom stereocenters. The third-order valence-electron chi connectivity index (χ3n) is 4.89. The van der Waals surface area contributed by atoms with E-state index in [2.05, 4.69) is 14.9 Å². The minimum atomic E-state index is -0.689. The van der Waals surface area contributed by atoms with E-state index in [1.54, 1.807) is 6.20 Å². The molecule has 1 saturated carbocycles. The number of carboxylic acids is 1. The van der Waals surface area contributed by atoms with E-state index in [9.17, 15) is 9.90 Å². The van der Waals surface area contributed by atoms with E-state index in [0.29, 0.717) is 24.2 Å². The number of hydrogen-bond acceptors (Lipinski definition) is 4. The monoisotopic (exact) mass is 286 g/mol. The van der Waals surface area contributed by atoms with Crippen molar-refractivity contribution in [2.75, 3.05) is 6.54 Å². The maximum atomic E-state index is 11.6. The molecule has 2 aromatic heterocycles. The average molecular weight is 286 g/mol. The van der Waals surface area contributed by atoms with Crippen LogP contribution < -0.4 is 0 Å². The number of fused-ring (bicyclic) bond motifs is 2. The van der Waals surface area contributed by atoms with Crippen molar-refractivity contribution in [2.24, 2.45) is 11.8 Å². The fraction of sp³-hybridized carbons (Fsp3) is 0.533. The molecule has 1 saturated heterocycles. The van der Waals surface area contributed by atoms with E-state index >= 15 is 0 Å². The lowest BCUT2D eigenvalue weighted by molar-refractivity contribution is -0.143. The number of aliphatic carboxylic acids is 1. The number of imidazole rings is 1. The van der Waals surface area contributed by atoms with E-state index < -0.39 is 5.97 Å². The largest absolute Gasteiger partial charge is 0.480 e. The van der Waals surface area contributed by atoms with Crippen molar-refractivity contribution >= 4 is 11.7 Å². The molecule has 1 N–H and O–H groups in total. The van der Waals surface area contributed by atoms with Gasteiger partial charge in [-0.15, -0.1) is 0 Å². The van der Waals surface area contributed by atoms with Gasteiger partial charge in [0.05, 0.1) is 5.69 Å². The van der Waals surface area contributed by atoms with Crippen molar-refractivity contribution < 1.29 is 9.90 Å². The lowest BCUT2D eigenvalue weighted by Gasteiger charge is -2.23. The molecule has 110 valence electrons. The lowest BCUT2D eigenvalue weighted by Crippen LogP contribution is -2.39. The quantitative estimate of drug-likeness (QED) is 0.924. The number of aromatic nitrogens is 3.